The first kappa shape index (κ1) is 13.9. The zero-order valence-corrected chi connectivity index (χ0v) is 11.0. The Hall–Kier alpha value is -0.120. The summed E-state index contributed by atoms with van der Waals surface area (Å²) in [6, 6.07) is 0. The lowest BCUT2D eigenvalue weighted by atomic mass is 9.68. The van der Waals surface area contributed by atoms with E-state index in [1.54, 1.807) is 7.11 Å². The van der Waals surface area contributed by atoms with Gasteiger partial charge < -0.3 is 15.6 Å². The van der Waals surface area contributed by atoms with Gasteiger partial charge in [0.05, 0.1) is 11.7 Å². The molecule has 0 aromatic rings. The molecule has 0 aromatic heterocycles. The van der Waals surface area contributed by atoms with Gasteiger partial charge in [0.25, 0.3) is 0 Å². The Kier molecular flexibility index (Phi) is 4.77. The van der Waals surface area contributed by atoms with E-state index in [2.05, 4.69) is 0 Å². The summed E-state index contributed by atoms with van der Waals surface area (Å²) < 4.78 is 5.39. The van der Waals surface area contributed by atoms with Gasteiger partial charge in [-0.25, -0.2) is 0 Å². The first-order valence-corrected chi connectivity index (χ1v) is 6.39. The van der Waals surface area contributed by atoms with E-state index in [4.69, 9.17) is 10.5 Å². The third-order valence-corrected chi connectivity index (χ3v) is 4.20. The molecule has 0 aliphatic heterocycles. The lowest BCUT2D eigenvalue weighted by Gasteiger charge is -2.42. The summed E-state index contributed by atoms with van der Waals surface area (Å²) >= 11 is 0. The molecule has 0 amide bonds. The minimum atomic E-state index is -0.340. The van der Waals surface area contributed by atoms with Gasteiger partial charge in [-0.15, -0.1) is 0 Å². The number of hydrogen-bond acceptors (Lipinski definition) is 3. The molecule has 3 nitrogen and oxygen atoms in total. The quantitative estimate of drug-likeness (QED) is 0.759. The number of rotatable bonds is 5. The number of aliphatic hydroxyl groups excluding tert-OH is 1. The fourth-order valence-electron chi connectivity index (χ4n) is 2.69. The van der Waals surface area contributed by atoms with Gasteiger partial charge >= 0.3 is 0 Å². The Balaban J connectivity index is 2.64. The molecule has 3 N–H and O–H groups in total. The molecule has 96 valence electrons. The highest BCUT2D eigenvalue weighted by atomic mass is 16.5. The molecule has 0 radical (unpaired) electrons. The van der Waals surface area contributed by atoms with Gasteiger partial charge in [0.2, 0.25) is 0 Å². The van der Waals surface area contributed by atoms with Gasteiger partial charge in [-0.2, -0.15) is 0 Å². The van der Waals surface area contributed by atoms with Crippen LogP contribution in [-0.4, -0.2) is 30.5 Å². The van der Waals surface area contributed by atoms with E-state index < -0.39 is 0 Å². The lowest BCUT2D eigenvalue weighted by molar-refractivity contribution is -0.0702. The molecule has 0 bridgehead atoms. The number of methoxy groups -OCH3 is 1. The van der Waals surface area contributed by atoms with Gasteiger partial charge in [-0.3, -0.25) is 0 Å². The zero-order valence-electron chi connectivity index (χ0n) is 11.0. The van der Waals surface area contributed by atoms with E-state index in [0.29, 0.717) is 13.0 Å². The summed E-state index contributed by atoms with van der Waals surface area (Å²) in [5.41, 5.74) is 5.57. The predicted molar refractivity (Wildman–Crippen MR) is 66.3 cm³/mol. The second-order valence-corrected chi connectivity index (χ2v) is 5.81. The predicted octanol–water partition coefficient (Wildman–Crippen LogP) is 2.07. The van der Waals surface area contributed by atoms with Crippen LogP contribution >= 0.6 is 0 Å². The van der Waals surface area contributed by atoms with E-state index >= 15 is 0 Å². The smallest absolute Gasteiger partial charge is 0.0647 e. The molecule has 0 spiro atoms. The van der Waals surface area contributed by atoms with Crippen LogP contribution in [0, 0.1) is 5.41 Å². The van der Waals surface area contributed by atoms with Crippen LogP contribution in [0.2, 0.25) is 0 Å². The summed E-state index contributed by atoms with van der Waals surface area (Å²) in [6.07, 6.45) is 6.12. The third-order valence-electron chi connectivity index (χ3n) is 4.20. The van der Waals surface area contributed by atoms with Gasteiger partial charge in [0.15, 0.2) is 0 Å². The molecule has 1 unspecified atom stereocenters. The number of nitrogens with two attached hydrogens (primary N) is 1. The van der Waals surface area contributed by atoms with Crippen molar-refractivity contribution in [1.29, 1.82) is 0 Å². The second kappa shape index (κ2) is 5.48. The average Bonchev–Trinajstić information content (AvgIpc) is 2.29. The van der Waals surface area contributed by atoms with Crippen LogP contribution in [0.3, 0.4) is 0 Å². The molecular formula is C13H27NO2. The minimum absolute atomic E-state index is 0.0615. The van der Waals surface area contributed by atoms with Crippen molar-refractivity contribution in [2.45, 2.75) is 64.1 Å². The largest absolute Gasteiger partial charge is 0.392 e. The van der Waals surface area contributed by atoms with Crippen molar-refractivity contribution in [1.82, 2.24) is 0 Å². The van der Waals surface area contributed by atoms with Crippen LogP contribution in [0.5, 0.6) is 0 Å². The van der Waals surface area contributed by atoms with Crippen molar-refractivity contribution in [3.63, 3.8) is 0 Å². The van der Waals surface area contributed by atoms with Gasteiger partial charge in [0, 0.05) is 25.5 Å². The standard InChI is InChI=1S/C13H27NO2/c1-12(2,16-3)9-11(15)13(10-14)7-5-4-6-8-13/h11,15H,4-10,14H2,1-3H3. The fourth-order valence-corrected chi connectivity index (χ4v) is 2.69. The van der Waals surface area contributed by atoms with E-state index in [0.717, 1.165) is 12.8 Å². The molecule has 16 heavy (non-hydrogen) atoms. The second-order valence-electron chi connectivity index (χ2n) is 5.81. The number of ether oxygens (including phenoxy) is 1. The van der Waals surface area contributed by atoms with Gasteiger partial charge in [0.1, 0.15) is 0 Å². The Morgan fingerprint density at radius 2 is 1.88 bits per heavy atom. The molecule has 0 aromatic carbocycles. The topological polar surface area (TPSA) is 55.5 Å². The summed E-state index contributed by atoms with van der Waals surface area (Å²) in [6.45, 7) is 4.63. The molecular weight excluding hydrogens is 202 g/mol. The molecule has 1 rings (SSSR count). The fraction of sp³-hybridized carbons (Fsp3) is 1.00. The third kappa shape index (κ3) is 3.19. The summed E-state index contributed by atoms with van der Waals surface area (Å²) in [5, 5.41) is 10.4. The number of aliphatic hydroxyl groups is 1. The molecule has 1 saturated carbocycles. The van der Waals surface area contributed by atoms with Gasteiger partial charge in [-0.05, 0) is 26.7 Å². The van der Waals surface area contributed by atoms with Crippen LogP contribution in [0.15, 0.2) is 0 Å². The highest BCUT2D eigenvalue weighted by Gasteiger charge is 2.40. The van der Waals surface area contributed by atoms with E-state index in [-0.39, 0.29) is 17.1 Å². The molecule has 0 saturated heterocycles. The highest BCUT2D eigenvalue weighted by molar-refractivity contribution is 4.92. The Bertz CT molecular complexity index is 210. The zero-order chi connectivity index (χ0) is 12.2. The van der Waals surface area contributed by atoms with Crippen LogP contribution in [0.4, 0.5) is 0 Å². The molecule has 1 aliphatic carbocycles. The van der Waals surface area contributed by atoms with Crippen LogP contribution in [0.25, 0.3) is 0 Å². The Morgan fingerprint density at radius 3 is 2.31 bits per heavy atom. The molecule has 1 fully saturated rings. The highest BCUT2D eigenvalue weighted by Crippen LogP contribution is 2.41. The SMILES string of the molecule is COC(C)(C)CC(O)C1(CN)CCCCC1. The lowest BCUT2D eigenvalue weighted by Crippen LogP contribution is -2.46. The van der Waals surface area contributed by atoms with Crippen molar-refractivity contribution in [2.75, 3.05) is 13.7 Å². The van der Waals surface area contributed by atoms with Crippen molar-refractivity contribution in [3.8, 4) is 0 Å². The monoisotopic (exact) mass is 229 g/mol. The summed E-state index contributed by atoms with van der Waals surface area (Å²) in [5.74, 6) is 0. The summed E-state index contributed by atoms with van der Waals surface area (Å²) in [4.78, 5) is 0. The summed E-state index contributed by atoms with van der Waals surface area (Å²) in [7, 11) is 1.70. The molecule has 1 aliphatic rings. The van der Waals surface area contributed by atoms with Crippen LogP contribution in [-0.2, 0) is 4.74 Å². The van der Waals surface area contributed by atoms with Gasteiger partial charge in [-0.1, -0.05) is 19.3 Å². The maximum absolute atomic E-state index is 10.4. The van der Waals surface area contributed by atoms with Crippen molar-refractivity contribution in [3.05, 3.63) is 0 Å². The maximum Gasteiger partial charge on any atom is 0.0647 e. The van der Waals surface area contributed by atoms with E-state index in [9.17, 15) is 5.11 Å². The normalized spacial score (nSPS) is 23.1. The van der Waals surface area contributed by atoms with Crippen molar-refractivity contribution in [2.24, 2.45) is 11.1 Å². The van der Waals surface area contributed by atoms with E-state index in [1.165, 1.54) is 19.3 Å². The Labute approximate surface area is 99.4 Å². The van der Waals surface area contributed by atoms with Crippen molar-refractivity contribution >= 4 is 0 Å². The van der Waals surface area contributed by atoms with E-state index in [1.807, 2.05) is 13.8 Å². The first-order chi connectivity index (χ1) is 7.46. The van der Waals surface area contributed by atoms with Crippen LogP contribution < -0.4 is 5.73 Å². The minimum Gasteiger partial charge on any atom is -0.392 e. The molecule has 0 heterocycles. The maximum atomic E-state index is 10.4. The molecule has 3 heteroatoms. The number of hydrogen-bond donors (Lipinski definition) is 2. The van der Waals surface area contributed by atoms with Crippen LogP contribution in [0.1, 0.15) is 52.4 Å². The Morgan fingerprint density at radius 1 is 1.31 bits per heavy atom. The van der Waals surface area contributed by atoms with Crippen molar-refractivity contribution < 1.29 is 9.84 Å². The first-order valence-electron chi connectivity index (χ1n) is 6.39. The molecule has 1 atom stereocenters. The average molecular weight is 229 g/mol.